The van der Waals surface area contributed by atoms with Gasteiger partial charge in [0.15, 0.2) is 5.75 Å². The summed E-state index contributed by atoms with van der Waals surface area (Å²) in [5.74, 6) is -1.26. The number of alkyl halides is 3. The van der Waals surface area contributed by atoms with E-state index < -0.39 is 29.4 Å². The summed E-state index contributed by atoms with van der Waals surface area (Å²) in [5.41, 5.74) is 6.83. The molecule has 0 spiro atoms. The van der Waals surface area contributed by atoms with Gasteiger partial charge < -0.3 is 10.1 Å². The molecule has 1 heterocycles. The second kappa shape index (κ2) is 5.23. The fourth-order valence-electron chi connectivity index (χ4n) is 0.983. The lowest BCUT2D eigenvalue weighted by atomic mass is 10.2. The third kappa shape index (κ3) is 3.25. The Kier molecular flexibility index (Phi) is 3.95. The van der Waals surface area contributed by atoms with Crippen LogP contribution in [0.3, 0.4) is 0 Å². The maximum atomic E-state index is 12.6. The highest BCUT2D eigenvalue weighted by molar-refractivity contribution is 5.70. The van der Waals surface area contributed by atoms with E-state index in [9.17, 15) is 18.0 Å². The lowest BCUT2D eigenvalue weighted by Gasteiger charge is -2.10. The van der Waals surface area contributed by atoms with Gasteiger partial charge in [-0.2, -0.15) is 13.2 Å². The van der Waals surface area contributed by atoms with Crippen LogP contribution >= 0.6 is 0 Å². The summed E-state index contributed by atoms with van der Waals surface area (Å²) in [6, 6.07) is 0.520. The van der Waals surface area contributed by atoms with Gasteiger partial charge in [-0.25, -0.2) is 4.79 Å². The van der Waals surface area contributed by atoms with Crippen molar-refractivity contribution in [1.29, 1.82) is 0 Å². The predicted octanol–water partition coefficient (Wildman–Crippen LogP) is 2.76. The van der Waals surface area contributed by atoms with Crippen LogP contribution in [0.25, 0.3) is 10.4 Å². The van der Waals surface area contributed by atoms with E-state index in [1.165, 1.54) is 7.05 Å². The number of aromatic nitrogens is 1. The van der Waals surface area contributed by atoms with Gasteiger partial charge in [0.05, 0.1) is 11.8 Å². The average Bonchev–Trinajstić information content (AvgIpc) is 2.30. The number of nitrogens with one attached hydrogen (secondary N) is 1. The number of carbonyl (C=O) groups is 1. The Hall–Kier alpha value is -2.48. The topological polar surface area (TPSA) is 100.0 Å². The van der Waals surface area contributed by atoms with Crippen molar-refractivity contribution in [2.24, 2.45) is 5.11 Å². The molecule has 0 radical (unpaired) electrons. The SMILES string of the molecule is CNC(=O)Oc1cnc(N=[N+]=[N-])c(C(F)(F)F)c1. The first-order valence-electron chi connectivity index (χ1n) is 4.40. The molecular formula is C8H6F3N5O2. The first-order valence-corrected chi connectivity index (χ1v) is 4.40. The van der Waals surface area contributed by atoms with E-state index in [0.29, 0.717) is 6.07 Å². The number of amides is 1. The van der Waals surface area contributed by atoms with E-state index in [0.717, 1.165) is 6.20 Å². The van der Waals surface area contributed by atoms with Gasteiger partial charge >= 0.3 is 12.3 Å². The molecule has 1 N–H and O–H groups in total. The Balaban J connectivity index is 3.21. The van der Waals surface area contributed by atoms with Crippen molar-refractivity contribution in [2.45, 2.75) is 6.18 Å². The molecule has 96 valence electrons. The fourth-order valence-corrected chi connectivity index (χ4v) is 0.983. The lowest BCUT2D eigenvalue weighted by Crippen LogP contribution is -2.22. The van der Waals surface area contributed by atoms with Gasteiger partial charge in [-0.3, -0.25) is 4.98 Å². The second-order valence-corrected chi connectivity index (χ2v) is 2.87. The largest absolute Gasteiger partial charge is 0.418 e. The molecule has 0 aliphatic heterocycles. The molecule has 0 aromatic carbocycles. The molecule has 10 heteroatoms. The van der Waals surface area contributed by atoms with Crippen LogP contribution in [0.15, 0.2) is 17.4 Å². The smallest absolute Gasteiger partial charge is 0.409 e. The van der Waals surface area contributed by atoms with Gasteiger partial charge in [-0.05, 0) is 16.7 Å². The molecular weight excluding hydrogens is 255 g/mol. The van der Waals surface area contributed by atoms with E-state index in [1.807, 2.05) is 0 Å². The first kappa shape index (κ1) is 13.6. The van der Waals surface area contributed by atoms with Gasteiger partial charge in [0, 0.05) is 12.0 Å². The van der Waals surface area contributed by atoms with E-state index >= 15 is 0 Å². The van der Waals surface area contributed by atoms with Gasteiger partial charge in [0.1, 0.15) is 5.82 Å². The number of halogens is 3. The van der Waals surface area contributed by atoms with E-state index in [2.05, 4.69) is 25.1 Å². The first-order chi connectivity index (χ1) is 8.38. The van der Waals surface area contributed by atoms with Crippen LogP contribution in [-0.2, 0) is 6.18 Å². The maximum Gasteiger partial charge on any atom is 0.418 e. The predicted molar refractivity (Wildman–Crippen MR) is 53.1 cm³/mol. The highest BCUT2D eigenvalue weighted by Crippen LogP contribution is 2.37. The molecule has 1 amide bonds. The highest BCUT2D eigenvalue weighted by atomic mass is 19.4. The number of nitrogens with zero attached hydrogens (tertiary/aromatic N) is 4. The average molecular weight is 261 g/mol. The summed E-state index contributed by atoms with van der Waals surface area (Å²) in [6.07, 6.45) is -4.88. The number of hydrogen-bond donors (Lipinski definition) is 1. The maximum absolute atomic E-state index is 12.6. The summed E-state index contributed by atoms with van der Waals surface area (Å²) in [4.78, 5) is 16.3. The molecule has 0 fully saturated rings. The standard InChI is InChI=1S/C8H6F3N5O2/c1-13-7(17)18-4-2-5(8(9,10)11)6(14-3-4)15-16-12/h2-3H,1H3,(H,13,17). The number of ether oxygens (including phenoxy) is 1. The normalized spacial score (nSPS) is 10.4. The Labute approximate surface area is 98.2 Å². The summed E-state index contributed by atoms with van der Waals surface area (Å²) in [6.45, 7) is 0. The van der Waals surface area contributed by atoms with Gasteiger partial charge in [0.2, 0.25) is 0 Å². The Bertz CT molecular complexity index is 510. The third-order valence-electron chi connectivity index (χ3n) is 1.70. The van der Waals surface area contributed by atoms with Crippen LogP contribution in [0.2, 0.25) is 0 Å². The molecule has 0 saturated heterocycles. The number of azide groups is 1. The van der Waals surface area contributed by atoms with E-state index in [1.54, 1.807) is 0 Å². The fraction of sp³-hybridized carbons (Fsp3) is 0.250. The number of carbonyl (C=O) groups excluding carboxylic acids is 1. The van der Waals surface area contributed by atoms with Crippen LogP contribution in [0.5, 0.6) is 5.75 Å². The van der Waals surface area contributed by atoms with Crippen LogP contribution in [0, 0.1) is 0 Å². The minimum absolute atomic E-state index is 0.418. The van der Waals surface area contributed by atoms with Gasteiger partial charge in [0.25, 0.3) is 0 Å². The quantitative estimate of drug-likeness (QED) is 0.503. The molecule has 0 bridgehead atoms. The zero-order valence-corrected chi connectivity index (χ0v) is 8.89. The van der Waals surface area contributed by atoms with Crippen molar-refractivity contribution in [2.75, 3.05) is 7.05 Å². The van der Waals surface area contributed by atoms with Crippen LogP contribution < -0.4 is 10.1 Å². The molecule has 1 aromatic heterocycles. The molecule has 0 saturated carbocycles. The Morgan fingerprint density at radius 2 is 2.28 bits per heavy atom. The number of rotatable bonds is 2. The van der Waals surface area contributed by atoms with Crippen LogP contribution in [-0.4, -0.2) is 18.1 Å². The molecule has 0 aliphatic carbocycles. The zero-order valence-electron chi connectivity index (χ0n) is 8.89. The molecule has 1 rings (SSSR count). The van der Waals surface area contributed by atoms with Crippen molar-refractivity contribution < 1.29 is 22.7 Å². The number of pyridine rings is 1. The van der Waals surface area contributed by atoms with Crippen molar-refractivity contribution in [3.05, 3.63) is 28.3 Å². The van der Waals surface area contributed by atoms with Gasteiger partial charge in [-0.1, -0.05) is 0 Å². The Morgan fingerprint density at radius 3 is 2.78 bits per heavy atom. The highest BCUT2D eigenvalue weighted by Gasteiger charge is 2.34. The van der Waals surface area contributed by atoms with Crippen molar-refractivity contribution in [3.63, 3.8) is 0 Å². The number of hydrogen-bond acceptors (Lipinski definition) is 4. The van der Waals surface area contributed by atoms with Crippen LogP contribution in [0.4, 0.5) is 23.8 Å². The van der Waals surface area contributed by atoms with Crippen molar-refractivity contribution in [1.82, 2.24) is 10.3 Å². The third-order valence-corrected chi connectivity index (χ3v) is 1.70. The summed E-state index contributed by atoms with van der Waals surface area (Å²) >= 11 is 0. The van der Waals surface area contributed by atoms with Crippen LogP contribution in [0.1, 0.15) is 5.56 Å². The lowest BCUT2D eigenvalue weighted by molar-refractivity contribution is -0.137. The summed E-state index contributed by atoms with van der Waals surface area (Å²) in [7, 11) is 1.24. The van der Waals surface area contributed by atoms with Gasteiger partial charge in [-0.15, -0.1) is 0 Å². The summed E-state index contributed by atoms with van der Waals surface area (Å²) < 4.78 is 42.3. The van der Waals surface area contributed by atoms with Crippen molar-refractivity contribution in [3.8, 4) is 5.75 Å². The molecule has 7 nitrogen and oxygen atoms in total. The summed E-state index contributed by atoms with van der Waals surface area (Å²) in [5, 5.41) is 4.87. The molecule has 1 aromatic rings. The van der Waals surface area contributed by atoms with E-state index in [-0.39, 0.29) is 0 Å². The second-order valence-electron chi connectivity index (χ2n) is 2.87. The van der Waals surface area contributed by atoms with E-state index in [4.69, 9.17) is 5.53 Å². The molecule has 0 unspecified atom stereocenters. The minimum Gasteiger partial charge on any atom is -0.409 e. The Morgan fingerprint density at radius 1 is 1.61 bits per heavy atom. The molecule has 0 aliphatic rings. The zero-order chi connectivity index (χ0) is 13.8. The monoisotopic (exact) mass is 261 g/mol. The molecule has 0 atom stereocenters. The molecule has 18 heavy (non-hydrogen) atoms. The minimum atomic E-state index is -4.78. The van der Waals surface area contributed by atoms with Crippen molar-refractivity contribution >= 4 is 11.9 Å².